The first kappa shape index (κ1) is 14.5. The van der Waals surface area contributed by atoms with E-state index in [2.05, 4.69) is 4.90 Å². The molecule has 0 spiro atoms. The molecule has 0 bridgehead atoms. The lowest BCUT2D eigenvalue weighted by atomic mass is 10.1. The standard InChI is InChI=1S/C13H18FN3O3/c14-9-1-2-10(11(12(9)15)13(19)20)17-5-3-16(4-6-17)7-8-18/h1-2,18H,3-8,15H2,(H,19,20). The van der Waals surface area contributed by atoms with Gasteiger partial charge in [0.15, 0.2) is 0 Å². The smallest absolute Gasteiger partial charge is 0.340 e. The number of carboxylic acid groups (broad SMARTS) is 1. The minimum atomic E-state index is -1.23. The van der Waals surface area contributed by atoms with Crippen molar-refractivity contribution in [3.05, 3.63) is 23.5 Å². The Kier molecular flexibility index (Phi) is 4.41. The number of β-amino-alcohol motifs (C(OH)–C–C–N with tert-alkyl or cyclic N) is 1. The van der Waals surface area contributed by atoms with Crippen molar-refractivity contribution in [1.82, 2.24) is 4.90 Å². The fourth-order valence-corrected chi connectivity index (χ4v) is 2.42. The third-order valence-corrected chi connectivity index (χ3v) is 3.51. The number of piperazine rings is 1. The lowest BCUT2D eigenvalue weighted by molar-refractivity contribution is 0.0698. The molecule has 4 N–H and O–H groups in total. The van der Waals surface area contributed by atoms with Gasteiger partial charge in [0.25, 0.3) is 0 Å². The summed E-state index contributed by atoms with van der Waals surface area (Å²) in [5.74, 6) is -1.94. The van der Waals surface area contributed by atoms with Gasteiger partial charge in [-0.25, -0.2) is 9.18 Å². The molecule has 2 rings (SSSR count). The molecule has 1 fully saturated rings. The van der Waals surface area contributed by atoms with Gasteiger partial charge in [0, 0.05) is 32.7 Å². The Labute approximate surface area is 116 Å². The van der Waals surface area contributed by atoms with Gasteiger partial charge in [-0.1, -0.05) is 0 Å². The molecule has 0 amide bonds. The number of rotatable bonds is 4. The third-order valence-electron chi connectivity index (χ3n) is 3.51. The number of benzene rings is 1. The molecule has 1 aromatic carbocycles. The van der Waals surface area contributed by atoms with E-state index in [0.717, 1.165) is 13.1 Å². The third kappa shape index (κ3) is 2.83. The van der Waals surface area contributed by atoms with Crippen LogP contribution in [0.5, 0.6) is 0 Å². The van der Waals surface area contributed by atoms with E-state index in [4.69, 9.17) is 10.8 Å². The quantitative estimate of drug-likeness (QED) is 0.685. The molecule has 1 aliphatic heterocycles. The van der Waals surface area contributed by atoms with E-state index in [1.807, 2.05) is 4.90 Å². The molecule has 1 saturated heterocycles. The minimum absolute atomic E-state index is 0.101. The molecule has 0 radical (unpaired) electrons. The highest BCUT2D eigenvalue weighted by atomic mass is 19.1. The van der Waals surface area contributed by atoms with Gasteiger partial charge in [-0.3, -0.25) is 4.90 Å². The number of carboxylic acids is 1. The Hall–Kier alpha value is -1.86. The van der Waals surface area contributed by atoms with E-state index in [-0.39, 0.29) is 17.9 Å². The van der Waals surface area contributed by atoms with Crippen LogP contribution in [0.2, 0.25) is 0 Å². The second kappa shape index (κ2) is 6.06. The zero-order chi connectivity index (χ0) is 14.7. The van der Waals surface area contributed by atoms with Crippen molar-refractivity contribution in [2.75, 3.05) is 50.0 Å². The van der Waals surface area contributed by atoms with Crippen molar-refractivity contribution in [3.8, 4) is 0 Å². The van der Waals surface area contributed by atoms with Gasteiger partial charge < -0.3 is 20.8 Å². The van der Waals surface area contributed by atoms with Crippen molar-refractivity contribution < 1.29 is 19.4 Å². The number of anilines is 2. The number of aliphatic hydroxyl groups is 1. The second-order valence-electron chi connectivity index (χ2n) is 4.71. The Morgan fingerprint density at radius 2 is 1.95 bits per heavy atom. The molecule has 110 valence electrons. The van der Waals surface area contributed by atoms with Gasteiger partial charge in [0.05, 0.1) is 18.0 Å². The molecule has 7 heteroatoms. The predicted molar refractivity (Wildman–Crippen MR) is 73.5 cm³/mol. The molecular weight excluding hydrogens is 265 g/mol. The molecule has 1 aliphatic rings. The highest BCUT2D eigenvalue weighted by Gasteiger charge is 2.24. The van der Waals surface area contributed by atoms with Crippen LogP contribution in [0, 0.1) is 5.82 Å². The Bertz CT molecular complexity index is 502. The number of aromatic carboxylic acids is 1. The zero-order valence-corrected chi connectivity index (χ0v) is 11.0. The van der Waals surface area contributed by atoms with Crippen LogP contribution in [-0.4, -0.2) is 60.4 Å². The Morgan fingerprint density at radius 3 is 2.50 bits per heavy atom. The number of hydrogen-bond donors (Lipinski definition) is 3. The van der Waals surface area contributed by atoms with E-state index in [1.54, 1.807) is 0 Å². The summed E-state index contributed by atoms with van der Waals surface area (Å²) in [6.07, 6.45) is 0. The lowest BCUT2D eigenvalue weighted by Gasteiger charge is -2.36. The summed E-state index contributed by atoms with van der Waals surface area (Å²) in [4.78, 5) is 15.3. The van der Waals surface area contributed by atoms with Crippen LogP contribution < -0.4 is 10.6 Å². The van der Waals surface area contributed by atoms with Crippen molar-refractivity contribution in [2.45, 2.75) is 0 Å². The topological polar surface area (TPSA) is 90.0 Å². The summed E-state index contributed by atoms with van der Waals surface area (Å²) in [5, 5.41) is 18.1. The number of halogens is 1. The number of aliphatic hydroxyl groups excluding tert-OH is 1. The maximum absolute atomic E-state index is 13.4. The number of hydrogen-bond acceptors (Lipinski definition) is 5. The van der Waals surface area contributed by atoms with Crippen LogP contribution in [0.25, 0.3) is 0 Å². The van der Waals surface area contributed by atoms with Crippen LogP contribution in [-0.2, 0) is 0 Å². The first-order valence-corrected chi connectivity index (χ1v) is 6.44. The lowest BCUT2D eigenvalue weighted by Crippen LogP contribution is -2.47. The minimum Gasteiger partial charge on any atom is -0.478 e. The molecule has 6 nitrogen and oxygen atoms in total. The molecule has 0 unspecified atom stereocenters. The number of nitrogens with two attached hydrogens (primary N) is 1. The van der Waals surface area contributed by atoms with Crippen LogP contribution >= 0.6 is 0 Å². The monoisotopic (exact) mass is 283 g/mol. The van der Waals surface area contributed by atoms with Crippen LogP contribution in [0.1, 0.15) is 10.4 Å². The summed E-state index contributed by atoms with van der Waals surface area (Å²) in [7, 11) is 0. The highest BCUT2D eigenvalue weighted by Crippen LogP contribution is 2.29. The Balaban J connectivity index is 2.22. The van der Waals surface area contributed by atoms with Crippen molar-refractivity contribution in [2.24, 2.45) is 0 Å². The fourth-order valence-electron chi connectivity index (χ4n) is 2.42. The molecule has 0 saturated carbocycles. The zero-order valence-electron chi connectivity index (χ0n) is 11.0. The second-order valence-corrected chi connectivity index (χ2v) is 4.71. The summed E-state index contributed by atoms with van der Waals surface area (Å²) < 4.78 is 13.4. The van der Waals surface area contributed by atoms with Gasteiger partial charge in [-0.2, -0.15) is 0 Å². The van der Waals surface area contributed by atoms with E-state index in [1.165, 1.54) is 12.1 Å². The van der Waals surface area contributed by atoms with Gasteiger partial charge in [0.1, 0.15) is 11.4 Å². The van der Waals surface area contributed by atoms with Gasteiger partial charge in [0.2, 0.25) is 0 Å². The van der Waals surface area contributed by atoms with E-state index >= 15 is 0 Å². The fraction of sp³-hybridized carbons (Fsp3) is 0.462. The van der Waals surface area contributed by atoms with Crippen LogP contribution in [0.3, 0.4) is 0 Å². The first-order valence-electron chi connectivity index (χ1n) is 6.44. The van der Waals surface area contributed by atoms with Gasteiger partial charge in [-0.15, -0.1) is 0 Å². The number of carbonyl (C=O) groups is 1. The van der Waals surface area contributed by atoms with E-state index in [9.17, 15) is 14.3 Å². The average Bonchev–Trinajstić information content (AvgIpc) is 2.42. The first-order chi connectivity index (χ1) is 9.54. The van der Waals surface area contributed by atoms with E-state index < -0.39 is 11.8 Å². The molecule has 1 aromatic rings. The maximum atomic E-state index is 13.4. The molecule has 20 heavy (non-hydrogen) atoms. The van der Waals surface area contributed by atoms with Gasteiger partial charge >= 0.3 is 5.97 Å². The van der Waals surface area contributed by atoms with Gasteiger partial charge in [-0.05, 0) is 12.1 Å². The molecule has 1 heterocycles. The molecule has 0 atom stereocenters. The SMILES string of the molecule is Nc1c(F)ccc(N2CCN(CCO)CC2)c1C(=O)O. The maximum Gasteiger partial charge on any atom is 0.340 e. The highest BCUT2D eigenvalue weighted by molar-refractivity contribution is 6.00. The van der Waals surface area contributed by atoms with Crippen molar-refractivity contribution >= 4 is 17.3 Å². The van der Waals surface area contributed by atoms with Crippen molar-refractivity contribution in [3.63, 3.8) is 0 Å². The van der Waals surface area contributed by atoms with E-state index in [0.29, 0.717) is 25.3 Å². The number of nitrogen functional groups attached to an aromatic ring is 1. The van der Waals surface area contributed by atoms with Crippen LogP contribution in [0.4, 0.5) is 15.8 Å². The molecule has 0 aliphatic carbocycles. The van der Waals surface area contributed by atoms with Crippen molar-refractivity contribution in [1.29, 1.82) is 0 Å². The van der Waals surface area contributed by atoms with Crippen LogP contribution in [0.15, 0.2) is 12.1 Å². The number of nitrogens with zero attached hydrogens (tertiary/aromatic N) is 2. The Morgan fingerprint density at radius 1 is 1.30 bits per heavy atom. The largest absolute Gasteiger partial charge is 0.478 e. The molecular formula is C13H18FN3O3. The summed E-state index contributed by atoms with van der Waals surface area (Å²) >= 11 is 0. The predicted octanol–water partition coefficient (Wildman–Crippen LogP) is 0.220. The average molecular weight is 283 g/mol. The summed E-state index contributed by atoms with van der Waals surface area (Å²) in [6, 6.07) is 2.65. The normalized spacial score (nSPS) is 16.4. The molecule has 0 aromatic heterocycles. The summed E-state index contributed by atoms with van der Waals surface area (Å²) in [5.41, 5.74) is 5.48. The summed E-state index contributed by atoms with van der Waals surface area (Å²) in [6.45, 7) is 3.37.